The number of methoxy groups -OCH3 is 1. The second-order valence-electron chi connectivity index (χ2n) is 5.16. The van der Waals surface area contributed by atoms with Gasteiger partial charge in [0.05, 0.1) is 13.2 Å². The van der Waals surface area contributed by atoms with Gasteiger partial charge < -0.3 is 19.7 Å². The third-order valence-corrected chi connectivity index (χ3v) is 3.94. The van der Waals surface area contributed by atoms with Crippen molar-refractivity contribution in [1.29, 1.82) is 0 Å². The van der Waals surface area contributed by atoms with Gasteiger partial charge in [0.25, 0.3) is 0 Å². The highest BCUT2D eigenvalue weighted by Crippen LogP contribution is 2.26. The van der Waals surface area contributed by atoms with Crippen LogP contribution in [0.2, 0.25) is 0 Å². The Kier molecular flexibility index (Phi) is 5.71. The molecule has 2 aliphatic heterocycles. The summed E-state index contributed by atoms with van der Waals surface area (Å²) >= 11 is 0. The molecule has 2 fully saturated rings. The van der Waals surface area contributed by atoms with Crippen molar-refractivity contribution >= 4 is 0 Å². The molecular formula is C13H26N2O2. The molecule has 0 aromatic rings. The van der Waals surface area contributed by atoms with Crippen molar-refractivity contribution in [3.8, 4) is 0 Å². The van der Waals surface area contributed by atoms with Crippen LogP contribution in [0.4, 0.5) is 0 Å². The van der Waals surface area contributed by atoms with Crippen LogP contribution in [0.1, 0.15) is 19.3 Å². The van der Waals surface area contributed by atoms with Gasteiger partial charge in [-0.05, 0) is 44.8 Å². The van der Waals surface area contributed by atoms with Crippen molar-refractivity contribution in [3.05, 3.63) is 0 Å². The van der Waals surface area contributed by atoms with E-state index in [1.807, 2.05) is 0 Å². The number of fused-ring (bicyclic) bond motifs is 2. The van der Waals surface area contributed by atoms with Gasteiger partial charge in [0.2, 0.25) is 0 Å². The number of hydrogen-bond donors (Lipinski definition) is 1. The molecule has 17 heavy (non-hydrogen) atoms. The number of hydrogen-bond acceptors (Lipinski definition) is 4. The Morgan fingerprint density at radius 3 is 2.94 bits per heavy atom. The number of piperidine rings is 1. The van der Waals surface area contributed by atoms with Crippen LogP contribution in [0.5, 0.6) is 0 Å². The maximum absolute atomic E-state index is 5.45. The van der Waals surface area contributed by atoms with Crippen LogP contribution < -0.4 is 5.32 Å². The molecule has 0 saturated carbocycles. The summed E-state index contributed by atoms with van der Waals surface area (Å²) in [5.41, 5.74) is 0. The van der Waals surface area contributed by atoms with E-state index in [9.17, 15) is 0 Å². The Hall–Kier alpha value is -0.160. The van der Waals surface area contributed by atoms with Crippen molar-refractivity contribution in [3.63, 3.8) is 0 Å². The van der Waals surface area contributed by atoms with Gasteiger partial charge in [-0.1, -0.05) is 0 Å². The van der Waals surface area contributed by atoms with E-state index in [0.717, 1.165) is 38.1 Å². The summed E-state index contributed by atoms with van der Waals surface area (Å²) in [6.45, 7) is 7.29. The van der Waals surface area contributed by atoms with Crippen LogP contribution in [-0.2, 0) is 9.47 Å². The largest absolute Gasteiger partial charge is 0.382 e. The molecule has 4 nitrogen and oxygen atoms in total. The topological polar surface area (TPSA) is 33.7 Å². The minimum atomic E-state index is 0.702. The molecule has 3 unspecified atom stereocenters. The molecule has 0 radical (unpaired) electrons. The van der Waals surface area contributed by atoms with Gasteiger partial charge in [-0.3, -0.25) is 0 Å². The molecule has 2 bridgehead atoms. The first-order valence-electron chi connectivity index (χ1n) is 6.92. The summed E-state index contributed by atoms with van der Waals surface area (Å²) in [5.74, 6) is 0.901. The Morgan fingerprint density at radius 2 is 2.06 bits per heavy atom. The van der Waals surface area contributed by atoms with E-state index >= 15 is 0 Å². The molecule has 3 atom stereocenters. The standard InChI is InChI=1S/C13H26N2O2/c1-16-9-10-17-8-2-5-14-13-4-7-15-6-3-12(13)11-15/h12-14H,2-11H2,1H3. The maximum Gasteiger partial charge on any atom is 0.0700 e. The molecular weight excluding hydrogens is 216 g/mol. The summed E-state index contributed by atoms with van der Waals surface area (Å²) in [6.07, 6.45) is 3.83. The van der Waals surface area contributed by atoms with Crippen LogP contribution in [0.15, 0.2) is 0 Å². The Morgan fingerprint density at radius 1 is 1.18 bits per heavy atom. The first-order valence-corrected chi connectivity index (χ1v) is 6.92. The molecule has 2 heterocycles. The molecule has 4 heteroatoms. The van der Waals surface area contributed by atoms with Crippen LogP contribution in [0.3, 0.4) is 0 Å². The number of nitrogens with one attached hydrogen (secondary N) is 1. The molecule has 100 valence electrons. The van der Waals surface area contributed by atoms with Crippen LogP contribution in [0, 0.1) is 5.92 Å². The summed E-state index contributed by atoms with van der Waals surface area (Å²) in [5, 5.41) is 3.70. The van der Waals surface area contributed by atoms with E-state index in [1.54, 1.807) is 7.11 Å². The molecule has 0 aromatic carbocycles. The van der Waals surface area contributed by atoms with Gasteiger partial charge in [-0.25, -0.2) is 0 Å². The summed E-state index contributed by atoms with van der Waals surface area (Å²) in [7, 11) is 1.71. The van der Waals surface area contributed by atoms with Gasteiger partial charge in [-0.15, -0.1) is 0 Å². The molecule has 0 spiro atoms. The highest BCUT2D eigenvalue weighted by molar-refractivity contribution is 4.90. The number of ether oxygens (including phenoxy) is 2. The van der Waals surface area contributed by atoms with Gasteiger partial charge >= 0.3 is 0 Å². The average Bonchev–Trinajstić information content (AvgIpc) is 2.73. The van der Waals surface area contributed by atoms with Gasteiger partial charge in [0, 0.05) is 26.3 Å². The van der Waals surface area contributed by atoms with Gasteiger partial charge in [-0.2, -0.15) is 0 Å². The summed E-state index contributed by atoms with van der Waals surface area (Å²) in [4.78, 5) is 2.59. The predicted molar refractivity (Wildman–Crippen MR) is 68.3 cm³/mol. The fraction of sp³-hybridized carbons (Fsp3) is 1.00. The molecule has 1 N–H and O–H groups in total. The highest BCUT2D eigenvalue weighted by atomic mass is 16.5. The normalized spacial score (nSPS) is 31.9. The quantitative estimate of drug-likeness (QED) is 0.636. The Balaban J connectivity index is 1.47. The molecule has 0 aliphatic carbocycles. The first-order chi connectivity index (χ1) is 8.40. The van der Waals surface area contributed by atoms with Crippen LogP contribution >= 0.6 is 0 Å². The van der Waals surface area contributed by atoms with Crippen molar-refractivity contribution in [1.82, 2.24) is 10.2 Å². The number of nitrogens with zero attached hydrogens (tertiary/aromatic N) is 1. The second-order valence-corrected chi connectivity index (χ2v) is 5.16. The van der Waals surface area contributed by atoms with Crippen LogP contribution in [-0.4, -0.2) is 64.1 Å². The van der Waals surface area contributed by atoms with E-state index in [0.29, 0.717) is 6.61 Å². The SMILES string of the molecule is COCCOCCCNC1CCN2CCC1C2. The zero-order valence-corrected chi connectivity index (χ0v) is 11.0. The monoisotopic (exact) mass is 242 g/mol. The Bertz CT molecular complexity index is 214. The van der Waals surface area contributed by atoms with E-state index in [4.69, 9.17) is 9.47 Å². The molecule has 2 aliphatic rings. The lowest BCUT2D eigenvalue weighted by atomic mass is 9.94. The molecule has 2 saturated heterocycles. The summed E-state index contributed by atoms with van der Waals surface area (Å²) < 4.78 is 10.4. The Labute approximate surface area is 105 Å². The van der Waals surface area contributed by atoms with Crippen LogP contribution in [0.25, 0.3) is 0 Å². The summed E-state index contributed by atoms with van der Waals surface area (Å²) in [6, 6.07) is 0.757. The average molecular weight is 242 g/mol. The zero-order valence-electron chi connectivity index (χ0n) is 11.0. The van der Waals surface area contributed by atoms with Crippen molar-refractivity contribution < 1.29 is 9.47 Å². The lowest BCUT2D eigenvalue weighted by Gasteiger charge is -2.31. The third kappa shape index (κ3) is 4.21. The van der Waals surface area contributed by atoms with Crippen molar-refractivity contribution in [2.45, 2.75) is 25.3 Å². The van der Waals surface area contributed by atoms with E-state index in [2.05, 4.69) is 10.2 Å². The smallest absolute Gasteiger partial charge is 0.0700 e. The van der Waals surface area contributed by atoms with Gasteiger partial charge in [0.15, 0.2) is 0 Å². The third-order valence-electron chi connectivity index (χ3n) is 3.94. The fourth-order valence-corrected chi connectivity index (χ4v) is 2.93. The lowest BCUT2D eigenvalue weighted by molar-refractivity contribution is 0.0688. The predicted octanol–water partition coefficient (Wildman–Crippen LogP) is 0.723. The molecule has 2 rings (SSSR count). The minimum absolute atomic E-state index is 0.702. The van der Waals surface area contributed by atoms with E-state index < -0.39 is 0 Å². The second kappa shape index (κ2) is 7.31. The van der Waals surface area contributed by atoms with Crippen molar-refractivity contribution in [2.24, 2.45) is 5.92 Å². The van der Waals surface area contributed by atoms with E-state index in [-0.39, 0.29) is 0 Å². The zero-order chi connectivity index (χ0) is 11.9. The highest BCUT2D eigenvalue weighted by Gasteiger charge is 2.33. The lowest BCUT2D eigenvalue weighted by Crippen LogP contribution is -2.44. The fourth-order valence-electron chi connectivity index (χ4n) is 2.93. The first kappa shape index (κ1) is 13.3. The molecule has 0 amide bonds. The van der Waals surface area contributed by atoms with E-state index in [1.165, 1.54) is 32.5 Å². The van der Waals surface area contributed by atoms with Gasteiger partial charge in [0.1, 0.15) is 0 Å². The number of rotatable bonds is 8. The molecule has 0 aromatic heterocycles. The minimum Gasteiger partial charge on any atom is -0.382 e. The van der Waals surface area contributed by atoms with Crippen molar-refractivity contribution in [2.75, 3.05) is 53.1 Å². The maximum atomic E-state index is 5.45.